The molecule has 2 aliphatic rings. The minimum absolute atomic E-state index is 0.222. The van der Waals surface area contributed by atoms with Crippen LogP contribution in [0.1, 0.15) is 42.2 Å². The van der Waals surface area contributed by atoms with Gasteiger partial charge in [0.1, 0.15) is 0 Å². The van der Waals surface area contributed by atoms with Crippen molar-refractivity contribution in [2.24, 2.45) is 5.92 Å². The molecule has 0 radical (unpaired) electrons. The molecule has 1 aromatic rings. The van der Waals surface area contributed by atoms with Crippen LogP contribution in [0.25, 0.3) is 0 Å². The minimum atomic E-state index is -0.669. The maximum Gasteiger partial charge on any atom is 0.303 e. The summed E-state index contributed by atoms with van der Waals surface area (Å²) >= 11 is 0. The topological polar surface area (TPSA) is 40.5 Å². The molecule has 1 saturated carbocycles. The Kier molecular flexibility index (Phi) is 3.31. The van der Waals surface area contributed by atoms with Gasteiger partial charge in [0.2, 0.25) is 0 Å². The molecule has 1 aromatic carbocycles. The van der Waals surface area contributed by atoms with E-state index in [-0.39, 0.29) is 12.3 Å². The number of likely N-dealkylation sites (N-methyl/N-ethyl adjacent to an activating group) is 1. The van der Waals surface area contributed by atoms with Crippen LogP contribution in [0.3, 0.4) is 0 Å². The molecule has 0 bridgehead atoms. The third kappa shape index (κ3) is 2.66. The standard InChI is InChI=1S/C16H21NO2/c1-17-9-12(10-17)13-4-2-3-5-14(13)15(8-16(18)19)11-6-7-11/h2-5,11-12,15H,6-10H2,1H3,(H,18,19). The number of aliphatic carboxylic acids is 1. The van der Waals surface area contributed by atoms with Crippen molar-refractivity contribution in [3.63, 3.8) is 0 Å². The van der Waals surface area contributed by atoms with Crippen molar-refractivity contribution < 1.29 is 9.90 Å². The molecule has 1 N–H and O–H groups in total. The maximum atomic E-state index is 11.1. The number of nitrogens with zero attached hydrogens (tertiary/aromatic N) is 1. The molecule has 102 valence electrons. The summed E-state index contributed by atoms with van der Waals surface area (Å²) < 4.78 is 0. The molecule has 2 fully saturated rings. The normalized spacial score (nSPS) is 21.9. The number of carboxylic acid groups (broad SMARTS) is 1. The van der Waals surface area contributed by atoms with Crippen LogP contribution in [0, 0.1) is 5.92 Å². The van der Waals surface area contributed by atoms with E-state index in [1.807, 2.05) is 0 Å². The van der Waals surface area contributed by atoms with E-state index in [9.17, 15) is 4.79 Å². The highest BCUT2D eigenvalue weighted by atomic mass is 16.4. The first-order valence-electron chi connectivity index (χ1n) is 7.14. The molecule has 3 rings (SSSR count). The lowest BCUT2D eigenvalue weighted by molar-refractivity contribution is -0.137. The Morgan fingerprint density at radius 1 is 1.37 bits per heavy atom. The van der Waals surface area contributed by atoms with E-state index in [1.165, 1.54) is 24.0 Å². The average Bonchev–Trinajstić information content (AvgIpc) is 3.16. The molecular weight excluding hydrogens is 238 g/mol. The first kappa shape index (κ1) is 12.7. The molecule has 1 aliphatic heterocycles. The zero-order valence-corrected chi connectivity index (χ0v) is 11.4. The lowest BCUT2D eigenvalue weighted by Gasteiger charge is -2.38. The first-order valence-corrected chi connectivity index (χ1v) is 7.14. The largest absolute Gasteiger partial charge is 0.481 e. The summed E-state index contributed by atoms with van der Waals surface area (Å²) in [6.45, 7) is 2.20. The summed E-state index contributed by atoms with van der Waals surface area (Å²) in [5.41, 5.74) is 2.68. The van der Waals surface area contributed by atoms with Gasteiger partial charge in [0.05, 0.1) is 6.42 Å². The Morgan fingerprint density at radius 3 is 2.63 bits per heavy atom. The molecule has 0 amide bonds. The fourth-order valence-corrected chi connectivity index (χ4v) is 3.33. The monoisotopic (exact) mass is 259 g/mol. The molecule has 3 heteroatoms. The smallest absolute Gasteiger partial charge is 0.303 e. The number of carbonyl (C=O) groups is 1. The Balaban J connectivity index is 1.87. The third-order valence-electron chi connectivity index (χ3n) is 4.49. The summed E-state index contributed by atoms with van der Waals surface area (Å²) in [7, 11) is 2.13. The molecule has 19 heavy (non-hydrogen) atoms. The fraction of sp³-hybridized carbons (Fsp3) is 0.562. The van der Waals surface area contributed by atoms with Gasteiger partial charge in [-0.25, -0.2) is 0 Å². The van der Waals surface area contributed by atoms with Gasteiger partial charge in [-0.1, -0.05) is 24.3 Å². The van der Waals surface area contributed by atoms with Crippen LogP contribution in [-0.2, 0) is 4.79 Å². The number of rotatable bonds is 5. The van der Waals surface area contributed by atoms with E-state index in [0.717, 1.165) is 13.1 Å². The zero-order valence-electron chi connectivity index (χ0n) is 11.4. The molecule has 1 heterocycles. The van der Waals surface area contributed by atoms with Crippen molar-refractivity contribution in [2.45, 2.75) is 31.1 Å². The minimum Gasteiger partial charge on any atom is -0.481 e. The van der Waals surface area contributed by atoms with Gasteiger partial charge in [-0.2, -0.15) is 0 Å². The van der Waals surface area contributed by atoms with Gasteiger partial charge in [0.25, 0.3) is 0 Å². The van der Waals surface area contributed by atoms with Gasteiger partial charge in [0.15, 0.2) is 0 Å². The molecule has 1 unspecified atom stereocenters. The van der Waals surface area contributed by atoms with Crippen LogP contribution in [0.2, 0.25) is 0 Å². The highest BCUT2D eigenvalue weighted by Crippen LogP contribution is 2.46. The van der Waals surface area contributed by atoms with E-state index in [4.69, 9.17) is 5.11 Å². The predicted molar refractivity (Wildman–Crippen MR) is 74.4 cm³/mol. The molecule has 3 nitrogen and oxygen atoms in total. The zero-order chi connectivity index (χ0) is 13.4. The molecule has 0 spiro atoms. The van der Waals surface area contributed by atoms with Gasteiger partial charge < -0.3 is 10.0 Å². The van der Waals surface area contributed by atoms with Crippen molar-refractivity contribution in [1.29, 1.82) is 0 Å². The van der Waals surface area contributed by atoms with Crippen LogP contribution in [0.5, 0.6) is 0 Å². The average molecular weight is 259 g/mol. The Bertz CT molecular complexity index is 475. The number of benzene rings is 1. The molecule has 1 aliphatic carbocycles. The quantitative estimate of drug-likeness (QED) is 0.884. The van der Waals surface area contributed by atoms with E-state index < -0.39 is 5.97 Å². The fourth-order valence-electron chi connectivity index (χ4n) is 3.33. The van der Waals surface area contributed by atoms with Crippen LogP contribution in [0.4, 0.5) is 0 Å². The molecule has 0 aromatic heterocycles. The van der Waals surface area contributed by atoms with Gasteiger partial charge in [0, 0.05) is 19.0 Å². The second-order valence-electron chi connectivity index (χ2n) is 6.09. The summed E-state index contributed by atoms with van der Waals surface area (Å²) in [5, 5.41) is 9.16. The van der Waals surface area contributed by atoms with E-state index in [1.54, 1.807) is 0 Å². The van der Waals surface area contributed by atoms with Crippen molar-refractivity contribution in [3.05, 3.63) is 35.4 Å². The summed E-state index contributed by atoms with van der Waals surface area (Å²) in [6, 6.07) is 8.49. The second kappa shape index (κ2) is 4.97. The number of likely N-dealkylation sites (tertiary alicyclic amines) is 1. The number of hydrogen-bond acceptors (Lipinski definition) is 2. The lowest BCUT2D eigenvalue weighted by atomic mass is 9.81. The van der Waals surface area contributed by atoms with Crippen molar-refractivity contribution in [1.82, 2.24) is 4.90 Å². The molecular formula is C16H21NO2. The predicted octanol–water partition coefficient (Wildman–Crippen LogP) is 2.68. The van der Waals surface area contributed by atoms with Crippen LogP contribution in [0.15, 0.2) is 24.3 Å². The van der Waals surface area contributed by atoms with E-state index in [2.05, 4.69) is 36.2 Å². The lowest BCUT2D eigenvalue weighted by Crippen LogP contribution is -2.42. The van der Waals surface area contributed by atoms with Gasteiger partial charge >= 0.3 is 5.97 Å². The molecule has 1 atom stereocenters. The highest BCUT2D eigenvalue weighted by molar-refractivity contribution is 5.68. The summed E-state index contributed by atoms with van der Waals surface area (Å²) in [6.07, 6.45) is 2.66. The van der Waals surface area contributed by atoms with Crippen molar-refractivity contribution in [3.8, 4) is 0 Å². The second-order valence-corrected chi connectivity index (χ2v) is 6.09. The Hall–Kier alpha value is -1.35. The number of carboxylic acids is 1. The van der Waals surface area contributed by atoms with E-state index in [0.29, 0.717) is 11.8 Å². The Labute approximate surface area is 114 Å². The highest BCUT2D eigenvalue weighted by Gasteiger charge is 2.36. The third-order valence-corrected chi connectivity index (χ3v) is 4.49. The van der Waals surface area contributed by atoms with Crippen LogP contribution >= 0.6 is 0 Å². The van der Waals surface area contributed by atoms with Crippen LogP contribution in [-0.4, -0.2) is 36.1 Å². The molecule has 1 saturated heterocycles. The van der Waals surface area contributed by atoms with Gasteiger partial charge in [-0.05, 0) is 42.9 Å². The van der Waals surface area contributed by atoms with Crippen molar-refractivity contribution in [2.75, 3.05) is 20.1 Å². The van der Waals surface area contributed by atoms with Gasteiger partial charge in [-0.15, -0.1) is 0 Å². The number of hydrogen-bond donors (Lipinski definition) is 1. The first-order chi connectivity index (χ1) is 9.15. The van der Waals surface area contributed by atoms with Crippen molar-refractivity contribution >= 4 is 5.97 Å². The summed E-state index contributed by atoms with van der Waals surface area (Å²) in [5.74, 6) is 0.739. The van der Waals surface area contributed by atoms with Crippen LogP contribution < -0.4 is 0 Å². The van der Waals surface area contributed by atoms with E-state index >= 15 is 0 Å². The van der Waals surface area contributed by atoms with Gasteiger partial charge in [-0.3, -0.25) is 4.79 Å². The SMILES string of the molecule is CN1CC(c2ccccc2C(CC(=O)O)C2CC2)C1. The maximum absolute atomic E-state index is 11.1. The Morgan fingerprint density at radius 2 is 2.05 bits per heavy atom. The summed E-state index contributed by atoms with van der Waals surface area (Å²) in [4.78, 5) is 13.4.